The summed E-state index contributed by atoms with van der Waals surface area (Å²) in [5.74, 6) is 2.36. The minimum Gasteiger partial charge on any atom is -0.356 e. The van der Waals surface area contributed by atoms with Crippen LogP contribution in [0.25, 0.3) is 11.4 Å². The highest BCUT2D eigenvalue weighted by Gasteiger charge is 2.32. The van der Waals surface area contributed by atoms with Crippen molar-refractivity contribution in [2.75, 3.05) is 26.7 Å². The fourth-order valence-corrected chi connectivity index (χ4v) is 4.48. The van der Waals surface area contributed by atoms with Crippen molar-refractivity contribution in [3.8, 4) is 11.4 Å². The molecule has 4 rings (SSSR count). The van der Waals surface area contributed by atoms with Gasteiger partial charge in [-0.15, -0.1) is 24.0 Å². The van der Waals surface area contributed by atoms with Gasteiger partial charge >= 0.3 is 0 Å². The third-order valence-corrected chi connectivity index (χ3v) is 6.19. The van der Waals surface area contributed by atoms with Crippen molar-refractivity contribution in [3.05, 3.63) is 35.2 Å². The van der Waals surface area contributed by atoms with Gasteiger partial charge in [-0.05, 0) is 31.4 Å². The molecule has 1 saturated heterocycles. The predicted octanol–water partition coefficient (Wildman–Crippen LogP) is 3.51. The summed E-state index contributed by atoms with van der Waals surface area (Å²) in [6.45, 7) is 2.16. The number of nitrogens with zero attached hydrogens (tertiary/aromatic N) is 4. The molecule has 1 atom stereocenters. The third kappa shape index (κ3) is 6.34. The monoisotopic (exact) mass is 572 g/mol. The van der Waals surface area contributed by atoms with Gasteiger partial charge in [0.2, 0.25) is 17.6 Å². The lowest BCUT2D eigenvalue weighted by Crippen LogP contribution is -2.45. The van der Waals surface area contributed by atoms with Gasteiger partial charge in [-0.25, -0.2) is 0 Å². The van der Waals surface area contributed by atoms with Gasteiger partial charge in [0, 0.05) is 55.6 Å². The maximum atomic E-state index is 12.6. The van der Waals surface area contributed by atoms with Crippen LogP contribution in [0, 0.1) is 5.92 Å². The summed E-state index contributed by atoms with van der Waals surface area (Å²) in [6, 6.07) is 7.59. The fourth-order valence-electron chi connectivity index (χ4n) is 4.29. The van der Waals surface area contributed by atoms with E-state index in [0.717, 1.165) is 43.9 Å². The summed E-state index contributed by atoms with van der Waals surface area (Å²) < 4.78 is 5.35. The van der Waals surface area contributed by atoms with E-state index in [1.165, 1.54) is 12.8 Å². The zero-order chi connectivity index (χ0) is 21.6. The normalized spacial score (nSPS) is 19.1. The molecule has 2 heterocycles. The van der Waals surface area contributed by atoms with Crippen LogP contribution < -0.4 is 10.6 Å². The van der Waals surface area contributed by atoms with Crippen molar-refractivity contribution in [1.82, 2.24) is 25.7 Å². The summed E-state index contributed by atoms with van der Waals surface area (Å²) >= 11 is 6.03. The van der Waals surface area contributed by atoms with Crippen molar-refractivity contribution >= 4 is 47.4 Å². The first kappa shape index (κ1) is 24.8. The number of benzene rings is 1. The first-order chi connectivity index (χ1) is 15.1. The van der Waals surface area contributed by atoms with E-state index in [0.29, 0.717) is 35.6 Å². The molecule has 1 saturated carbocycles. The van der Waals surface area contributed by atoms with Crippen LogP contribution in [0.1, 0.15) is 38.0 Å². The number of nitrogens with one attached hydrogen (secondary N) is 2. The molecular formula is C22H30ClIN6O2. The average molecular weight is 573 g/mol. The molecule has 1 aliphatic heterocycles. The lowest BCUT2D eigenvalue weighted by Gasteiger charge is -2.21. The molecule has 2 aliphatic rings. The molecule has 1 aromatic heterocycles. The molecule has 8 nitrogen and oxygen atoms in total. The SMILES string of the molecule is CN=C(NCCc1nc(-c2cccc(Cl)c2)no1)NC1CCN(C(=O)C2CCCC2)C1.I. The number of aromatic nitrogens is 2. The second kappa shape index (κ2) is 11.8. The number of likely N-dealkylation sites (tertiary alicyclic amines) is 1. The van der Waals surface area contributed by atoms with Crippen molar-refractivity contribution in [2.45, 2.75) is 44.6 Å². The molecule has 2 aromatic rings. The Labute approximate surface area is 210 Å². The molecular weight excluding hydrogens is 543 g/mol. The molecule has 0 radical (unpaired) electrons. The second-order valence-corrected chi connectivity index (χ2v) is 8.60. The van der Waals surface area contributed by atoms with Gasteiger partial charge in [0.1, 0.15) is 0 Å². The number of guanidine groups is 1. The molecule has 174 valence electrons. The second-order valence-electron chi connectivity index (χ2n) is 8.17. The smallest absolute Gasteiger partial charge is 0.228 e. The van der Waals surface area contributed by atoms with E-state index in [9.17, 15) is 4.79 Å². The van der Waals surface area contributed by atoms with E-state index < -0.39 is 0 Å². The minimum atomic E-state index is 0. The number of hydrogen-bond donors (Lipinski definition) is 2. The highest BCUT2D eigenvalue weighted by atomic mass is 127. The van der Waals surface area contributed by atoms with E-state index in [1.807, 2.05) is 29.2 Å². The van der Waals surface area contributed by atoms with E-state index >= 15 is 0 Å². The summed E-state index contributed by atoms with van der Waals surface area (Å²) in [6.07, 6.45) is 5.97. The molecule has 32 heavy (non-hydrogen) atoms. The summed E-state index contributed by atoms with van der Waals surface area (Å²) in [5, 5.41) is 11.4. The van der Waals surface area contributed by atoms with E-state index in [1.54, 1.807) is 7.05 Å². The van der Waals surface area contributed by atoms with Gasteiger partial charge in [0.05, 0.1) is 0 Å². The number of halogens is 2. The standard InChI is InChI=1S/C22H29ClN6O2.HI/c1-24-22(26-18-10-12-29(14-18)21(30)15-5-2-3-6-15)25-11-9-19-27-20(28-31-19)16-7-4-8-17(23)13-16;/h4,7-8,13,15,18H,2-3,5-6,9-12,14H2,1H3,(H2,24,25,26);1H. The summed E-state index contributed by atoms with van der Waals surface area (Å²) in [4.78, 5) is 23.4. The van der Waals surface area contributed by atoms with Gasteiger partial charge in [0.25, 0.3) is 0 Å². The lowest BCUT2D eigenvalue weighted by atomic mass is 10.1. The molecule has 1 amide bonds. The fraction of sp³-hybridized carbons (Fsp3) is 0.545. The highest BCUT2D eigenvalue weighted by Crippen LogP contribution is 2.27. The van der Waals surface area contributed by atoms with Crippen LogP contribution in [-0.4, -0.2) is 59.6 Å². The van der Waals surface area contributed by atoms with Gasteiger partial charge in [-0.1, -0.05) is 41.7 Å². The summed E-state index contributed by atoms with van der Waals surface area (Å²) in [7, 11) is 1.75. The van der Waals surface area contributed by atoms with Crippen LogP contribution in [0.2, 0.25) is 5.02 Å². The number of carbonyl (C=O) groups excluding carboxylic acids is 1. The van der Waals surface area contributed by atoms with Crippen LogP contribution in [0.4, 0.5) is 0 Å². The van der Waals surface area contributed by atoms with Crippen molar-refractivity contribution in [1.29, 1.82) is 0 Å². The van der Waals surface area contributed by atoms with Crippen molar-refractivity contribution in [3.63, 3.8) is 0 Å². The Bertz CT molecular complexity index is 931. The molecule has 0 bridgehead atoms. The number of amides is 1. The maximum Gasteiger partial charge on any atom is 0.228 e. The molecule has 2 fully saturated rings. The Morgan fingerprint density at radius 2 is 2.12 bits per heavy atom. The van der Waals surface area contributed by atoms with Crippen molar-refractivity contribution < 1.29 is 9.32 Å². The number of aliphatic imine (C=N–C) groups is 1. The first-order valence-electron chi connectivity index (χ1n) is 11.0. The lowest BCUT2D eigenvalue weighted by molar-refractivity contribution is -0.134. The van der Waals surface area contributed by atoms with Gasteiger partial charge in [-0.2, -0.15) is 4.98 Å². The van der Waals surface area contributed by atoms with E-state index in [4.69, 9.17) is 16.1 Å². The Morgan fingerprint density at radius 3 is 2.88 bits per heavy atom. The van der Waals surface area contributed by atoms with Crippen molar-refractivity contribution in [2.24, 2.45) is 10.9 Å². The first-order valence-corrected chi connectivity index (χ1v) is 11.3. The van der Waals surface area contributed by atoms with Gasteiger partial charge in [-0.3, -0.25) is 9.79 Å². The predicted molar refractivity (Wildman–Crippen MR) is 135 cm³/mol. The Hall–Kier alpha value is -1.88. The number of rotatable bonds is 6. The topological polar surface area (TPSA) is 95.7 Å². The van der Waals surface area contributed by atoms with Crippen LogP contribution >= 0.6 is 35.6 Å². The van der Waals surface area contributed by atoms with E-state index in [-0.39, 0.29) is 35.9 Å². The Kier molecular flexibility index (Phi) is 9.15. The quantitative estimate of drug-likeness (QED) is 0.313. The number of hydrogen-bond acceptors (Lipinski definition) is 5. The van der Waals surface area contributed by atoms with Crippen LogP contribution in [-0.2, 0) is 11.2 Å². The summed E-state index contributed by atoms with van der Waals surface area (Å²) in [5.41, 5.74) is 0.825. The zero-order valence-corrected chi connectivity index (χ0v) is 21.3. The minimum absolute atomic E-state index is 0. The highest BCUT2D eigenvalue weighted by molar-refractivity contribution is 14.0. The average Bonchev–Trinajstić information content (AvgIpc) is 3.54. The third-order valence-electron chi connectivity index (χ3n) is 5.95. The number of carbonyl (C=O) groups is 1. The van der Waals surface area contributed by atoms with E-state index in [2.05, 4.69) is 25.8 Å². The molecule has 1 unspecified atom stereocenters. The molecule has 0 spiro atoms. The Morgan fingerprint density at radius 1 is 1.31 bits per heavy atom. The molecule has 2 N–H and O–H groups in total. The Balaban J connectivity index is 0.00000289. The largest absolute Gasteiger partial charge is 0.356 e. The van der Waals surface area contributed by atoms with Gasteiger partial charge < -0.3 is 20.1 Å². The van der Waals surface area contributed by atoms with Crippen LogP contribution in [0.5, 0.6) is 0 Å². The molecule has 1 aliphatic carbocycles. The molecule has 1 aromatic carbocycles. The maximum absolute atomic E-state index is 12.6. The van der Waals surface area contributed by atoms with Crippen LogP contribution in [0.3, 0.4) is 0 Å². The van der Waals surface area contributed by atoms with Crippen LogP contribution in [0.15, 0.2) is 33.8 Å². The zero-order valence-electron chi connectivity index (χ0n) is 18.2. The molecule has 10 heteroatoms. The van der Waals surface area contributed by atoms with Gasteiger partial charge in [0.15, 0.2) is 5.96 Å².